The maximum absolute atomic E-state index is 13.6. The summed E-state index contributed by atoms with van der Waals surface area (Å²) in [5.74, 6) is 0.787. The standard InChI is InChI=1S/C26H26FN5O2/c1-17-15-31(16-28-17)22-10-5-18(14-23(22)34-4)13-21-24(33)32-25(29-21)30(3)12-11-26(32,2)19-6-8-20(27)9-7-19/h5-10,13-16H,11-12H2,1-4H3. The largest absolute Gasteiger partial charge is 0.495 e. The molecule has 2 aliphatic heterocycles. The number of methoxy groups -OCH3 is 1. The van der Waals surface area contributed by atoms with Gasteiger partial charge in [-0.1, -0.05) is 18.2 Å². The van der Waals surface area contributed by atoms with Crippen LogP contribution in [0.3, 0.4) is 0 Å². The van der Waals surface area contributed by atoms with Crippen LogP contribution in [0.1, 0.15) is 30.2 Å². The first-order valence-corrected chi connectivity index (χ1v) is 11.1. The summed E-state index contributed by atoms with van der Waals surface area (Å²) in [6.45, 7) is 4.67. The SMILES string of the molecule is COc1cc(C=C2N=C3N(C)CCC(C)(c4ccc(F)cc4)N3C2=O)ccc1-n1cnc(C)c1. The number of carbonyl (C=O) groups excluding carboxylic acids is 1. The molecular weight excluding hydrogens is 433 g/mol. The lowest BCUT2D eigenvalue weighted by Gasteiger charge is -2.46. The van der Waals surface area contributed by atoms with Crippen LogP contribution in [-0.4, -0.2) is 51.9 Å². The highest BCUT2D eigenvalue weighted by Gasteiger charge is 2.48. The first-order valence-electron chi connectivity index (χ1n) is 11.1. The van der Waals surface area contributed by atoms with Gasteiger partial charge in [0.15, 0.2) is 0 Å². The molecule has 2 aliphatic rings. The molecule has 8 heteroatoms. The number of benzene rings is 2. The third-order valence-corrected chi connectivity index (χ3v) is 6.57. The average Bonchev–Trinajstić information content (AvgIpc) is 3.41. The predicted molar refractivity (Wildman–Crippen MR) is 128 cm³/mol. The first-order chi connectivity index (χ1) is 16.3. The van der Waals surface area contributed by atoms with Crippen LogP contribution in [0.2, 0.25) is 0 Å². The second-order valence-electron chi connectivity index (χ2n) is 8.89. The molecule has 7 nitrogen and oxygen atoms in total. The van der Waals surface area contributed by atoms with Crippen molar-refractivity contribution in [2.24, 2.45) is 4.99 Å². The van der Waals surface area contributed by atoms with Crippen LogP contribution in [0.25, 0.3) is 11.8 Å². The molecule has 34 heavy (non-hydrogen) atoms. The van der Waals surface area contributed by atoms with Crippen molar-refractivity contribution < 1.29 is 13.9 Å². The number of carbonyl (C=O) groups is 1. The molecule has 0 radical (unpaired) electrons. The van der Waals surface area contributed by atoms with Crippen molar-refractivity contribution in [1.82, 2.24) is 19.4 Å². The van der Waals surface area contributed by atoms with Crippen molar-refractivity contribution in [3.8, 4) is 11.4 Å². The number of imidazole rings is 1. The molecule has 0 bridgehead atoms. The summed E-state index contributed by atoms with van der Waals surface area (Å²) in [7, 11) is 3.54. The number of hydrogen-bond acceptors (Lipinski definition) is 5. The molecule has 1 unspecified atom stereocenters. The van der Waals surface area contributed by atoms with Crippen molar-refractivity contribution in [3.05, 3.63) is 83.3 Å². The fourth-order valence-corrected chi connectivity index (χ4v) is 4.59. The second-order valence-corrected chi connectivity index (χ2v) is 8.89. The highest BCUT2D eigenvalue weighted by molar-refractivity contribution is 6.14. The molecule has 0 N–H and O–H groups in total. The summed E-state index contributed by atoms with van der Waals surface area (Å²) in [5.41, 5.74) is 3.18. The fraction of sp³-hybridized carbons (Fsp3) is 0.269. The Morgan fingerprint density at radius 2 is 1.94 bits per heavy atom. The van der Waals surface area contributed by atoms with E-state index >= 15 is 0 Å². The number of aromatic nitrogens is 2. The Morgan fingerprint density at radius 1 is 1.18 bits per heavy atom. The van der Waals surface area contributed by atoms with Crippen molar-refractivity contribution >= 4 is 17.9 Å². The highest BCUT2D eigenvalue weighted by Crippen LogP contribution is 2.40. The zero-order valence-electron chi connectivity index (χ0n) is 19.6. The summed E-state index contributed by atoms with van der Waals surface area (Å²) in [4.78, 5) is 26.3. The number of ether oxygens (including phenoxy) is 1. The normalized spacial score (nSPS) is 21.1. The second kappa shape index (κ2) is 8.13. The number of guanidine groups is 1. The summed E-state index contributed by atoms with van der Waals surface area (Å²) in [6, 6.07) is 12.1. The number of fused-ring (bicyclic) bond motifs is 1. The van der Waals surface area contributed by atoms with Gasteiger partial charge in [-0.2, -0.15) is 0 Å². The number of rotatable bonds is 4. The molecule has 1 aromatic heterocycles. The number of halogens is 1. The Kier molecular flexibility index (Phi) is 5.23. The van der Waals surface area contributed by atoms with Gasteiger partial charge in [0.25, 0.3) is 5.91 Å². The van der Waals surface area contributed by atoms with E-state index in [-0.39, 0.29) is 11.7 Å². The molecule has 0 aliphatic carbocycles. The van der Waals surface area contributed by atoms with Crippen LogP contribution in [0.5, 0.6) is 5.75 Å². The minimum Gasteiger partial charge on any atom is -0.495 e. The third kappa shape index (κ3) is 3.55. The van der Waals surface area contributed by atoms with Gasteiger partial charge in [0, 0.05) is 19.8 Å². The summed E-state index contributed by atoms with van der Waals surface area (Å²) in [5, 5.41) is 0. The van der Waals surface area contributed by atoms with Crippen molar-refractivity contribution in [1.29, 1.82) is 0 Å². The molecule has 5 rings (SSSR count). The topological polar surface area (TPSA) is 63.0 Å². The Bertz CT molecular complexity index is 1330. The number of aliphatic imine (C=N–C) groups is 1. The number of hydrogen-bond donors (Lipinski definition) is 0. The first kappa shape index (κ1) is 21.9. The smallest absolute Gasteiger partial charge is 0.280 e. The van der Waals surface area contributed by atoms with E-state index < -0.39 is 5.54 Å². The molecule has 3 heterocycles. The van der Waals surface area contributed by atoms with E-state index in [0.717, 1.165) is 29.1 Å². The van der Waals surface area contributed by atoms with E-state index in [1.165, 1.54) is 12.1 Å². The van der Waals surface area contributed by atoms with Crippen molar-refractivity contribution in [2.45, 2.75) is 25.8 Å². The van der Waals surface area contributed by atoms with Gasteiger partial charge in [0.05, 0.1) is 30.4 Å². The van der Waals surface area contributed by atoms with E-state index in [1.54, 1.807) is 36.5 Å². The summed E-state index contributed by atoms with van der Waals surface area (Å²) in [6.07, 6.45) is 6.15. The minimum atomic E-state index is -0.619. The van der Waals surface area contributed by atoms with Crippen LogP contribution < -0.4 is 4.74 Å². The Morgan fingerprint density at radius 3 is 2.62 bits per heavy atom. The quantitative estimate of drug-likeness (QED) is 0.551. The van der Waals surface area contributed by atoms with Crippen LogP contribution in [-0.2, 0) is 10.3 Å². The van der Waals surface area contributed by atoms with Gasteiger partial charge >= 0.3 is 0 Å². The van der Waals surface area contributed by atoms with E-state index in [4.69, 9.17) is 9.73 Å². The van der Waals surface area contributed by atoms with E-state index in [0.29, 0.717) is 23.8 Å². The number of amides is 1. The molecule has 0 saturated carbocycles. The third-order valence-electron chi connectivity index (χ3n) is 6.57. The number of nitrogens with zero attached hydrogens (tertiary/aromatic N) is 5. The van der Waals surface area contributed by atoms with Crippen LogP contribution in [0.4, 0.5) is 4.39 Å². The molecule has 3 aromatic rings. The number of aryl methyl sites for hydroxylation is 1. The minimum absolute atomic E-state index is 0.179. The van der Waals surface area contributed by atoms with Gasteiger partial charge in [0.2, 0.25) is 5.96 Å². The van der Waals surface area contributed by atoms with Crippen molar-refractivity contribution in [2.75, 3.05) is 20.7 Å². The van der Waals surface area contributed by atoms with Gasteiger partial charge in [-0.25, -0.2) is 14.4 Å². The Balaban J connectivity index is 1.52. The van der Waals surface area contributed by atoms with Crippen LogP contribution >= 0.6 is 0 Å². The molecule has 2 aromatic carbocycles. The molecule has 174 valence electrons. The predicted octanol–water partition coefficient (Wildman–Crippen LogP) is 4.12. The molecule has 0 spiro atoms. The van der Waals surface area contributed by atoms with E-state index in [1.807, 2.05) is 54.8 Å². The maximum atomic E-state index is 13.6. The average molecular weight is 460 g/mol. The van der Waals surface area contributed by atoms with Gasteiger partial charge in [-0.05, 0) is 61.7 Å². The van der Waals surface area contributed by atoms with Gasteiger partial charge < -0.3 is 14.2 Å². The van der Waals surface area contributed by atoms with Gasteiger partial charge in [-0.15, -0.1) is 0 Å². The lowest BCUT2D eigenvalue weighted by molar-refractivity contribution is -0.128. The molecule has 1 amide bonds. The monoisotopic (exact) mass is 459 g/mol. The van der Waals surface area contributed by atoms with Crippen LogP contribution in [0.15, 0.2) is 65.7 Å². The zero-order chi connectivity index (χ0) is 24.0. The molecule has 1 fully saturated rings. The Labute approximate surface area is 197 Å². The molecular formula is C26H26FN5O2. The fourth-order valence-electron chi connectivity index (χ4n) is 4.59. The van der Waals surface area contributed by atoms with Crippen LogP contribution in [0, 0.1) is 12.7 Å². The lowest BCUT2D eigenvalue weighted by Crippen LogP contribution is -2.58. The van der Waals surface area contributed by atoms with Crippen molar-refractivity contribution in [3.63, 3.8) is 0 Å². The highest BCUT2D eigenvalue weighted by atomic mass is 19.1. The molecule has 1 saturated heterocycles. The van der Waals surface area contributed by atoms with Gasteiger partial charge in [0.1, 0.15) is 17.3 Å². The zero-order valence-corrected chi connectivity index (χ0v) is 19.6. The van der Waals surface area contributed by atoms with E-state index in [9.17, 15) is 9.18 Å². The summed E-state index contributed by atoms with van der Waals surface area (Å²) < 4.78 is 21.1. The maximum Gasteiger partial charge on any atom is 0.280 e. The van der Waals surface area contributed by atoms with E-state index in [2.05, 4.69) is 4.98 Å². The molecule has 1 atom stereocenters. The van der Waals surface area contributed by atoms with Gasteiger partial charge in [-0.3, -0.25) is 9.69 Å². The Hall–Kier alpha value is -3.94. The summed E-state index contributed by atoms with van der Waals surface area (Å²) >= 11 is 0. The lowest BCUT2D eigenvalue weighted by atomic mass is 9.85.